The second-order valence-electron chi connectivity index (χ2n) is 4.18. The fraction of sp³-hybridized carbons (Fsp3) is 0.727. The molecule has 0 radical (unpaired) electrons. The van der Waals surface area contributed by atoms with Crippen molar-refractivity contribution in [1.29, 1.82) is 0 Å². The Labute approximate surface area is 90.3 Å². The number of thiazole rings is 1. The van der Waals surface area contributed by atoms with Crippen LogP contribution in [0.4, 0.5) is 0 Å². The Balaban J connectivity index is 2.42. The number of ether oxygens (including phenoxy) is 1. The molecule has 0 aliphatic rings. The lowest BCUT2D eigenvalue weighted by Gasteiger charge is -2.04. The molecule has 14 heavy (non-hydrogen) atoms. The second-order valence-corrected chi connectivity index (χ2v) is 5.38. The van der Waals surface area contributed by atoms with E-state index in [4.69, 9.17) is 4.74 Å². The summed E-state index contributed by atoms with van der Waals surface area (Å²) in [6.45, 7) is 9.19. The van der Waals surface area contributed by atoms with Gasteiger partial charge in [-0.05, 0) is 26.2 Å². The van der Waals surface area contributed by atoms with Gasteiger partial charge in [0.1, 0.15) is 5.01 Å². The number of hydrogen-bond acceptors (Lipinski definition) is 3. The van der Waals surface area contributed by atoms with E-state index < -0.39 is 0 Å². The molecule has 0 atom stereocenters. The molecule has 0 aliphatic carbocycles. The van der Waals surface area contributed by atoms with Gasteiger partial charge in [0.15, 0.2) is 0 Å². The first kappa shape index (κ1) is 11.7. The molecule has 0 saturated carbocycles. The van der Waals surface area contributed by atoms with Gasteiger partial charge in [0.05, 0.1) is 12.7 Å². The van der Waals surface area contributed by atoms with Gasteiger partial charge in [0.2, 0.25) is 0 Å². The molecule has 0 bridgehead atoms. The summed E-state index contributed by atoms with van der Waals surface area (Å²) < 4.78 is 5.49. The summed E-state index contributed by atoms with van der Waals surface area (Å²) in [5.74, 6) is 0.703. The zero-order chi connectivity index (χ0) is 10.6. The van der Waals surface area contributed by atoms with Crippen LogP contribution in [0.5, 0.6) is 0 Å². The highest BCUT2D eigenvalue weighted by molar-refractivity contribution is 7.11. The third kappa shape index (κ3) is 4.20. The van der Waals surface area contributed by atoms with Crippen LogP contribution in [-0.4, -0.2) is 11.1 Å². The smallest absolute Gasteiger partial charge is 0.119 e. The minimum Gasteiger partial charge on any atom is -0.372 e. The molecule has 0 N–H and O–H groups in total. The van der Waals surface area contributed by atoms with Gasteiger partial charge in [0, 0.05) is 11.1 Å². The quantitative estimate of drug-likeness (QED) is 0.749. The predicted molar refractivity (Wildman–Crippen MR) is 60.6 cm³/mol. The summed E-state index contributed by atoms with van der Waals surface area (Å²) in [6, 6.07) is 0. The molecule has 80 valence electrons. The number of nitrogens with zero attached hydrogens (tertiary/aromatic N) is 1. The van der Waals surface area contributed by atoms with Gasteiger partial charge in [-0.15, -0.1) is 11.3 Å². The van der Waals surface area contributed by atoms with Crippen molar-refractivity contribution >= 4 is 11.3 Å². The van der Waals surface area contributed by atoms with Crippen LogP contribution in [0.15, 0.2) is 6.20 Å². The SMILES string of the molecule is CC(C)Cc1cnc(COC(C)C)s1. The van der Waals surface area contributed by atoms with E-state index in [1.165, 1.54) is 4.88 Å². The van der Waals surface area contributed by atoms with Crippen molar-refractivity contribution in [3.8, 4) is 0 Å². The van der Waals surface area contributed by atoms with Crippen molar-refractivity contribution in [2.24, 2.45) is 5.92 Å². The number of aromatic nitrogens is 1. The monoisotopic (exact) mass is 213 g/mol. The average Bonchev–Trinajstić information content (AvgIpc) is 2.47. The lowest BCUT2D eigenvalue weighted by Crippen LogP contribution is -2.01. The van der Waals surface area contributed by atoms with E-state index >= 15 is 0 Å². The van der Waals surface area contributed by atoms with Crippen LogP contribution >= 0.6 is 11.3 Å². The first-order valence-corrected chi connectivity index (χ1v) is 5.94. The van der Waals surface area contributed by atoms with E-state index in [2.05, 4.69) is 18.8 Å². The molecule has 2 nitrogen and oxygen atoms in total. The van der Waals surface area contributed by atoms with Crippen LogP contribution in [0.2, 0.25) is 0 Å². The largest absolute Gasteiger partial charge is 0.372 e. The zero-order valence-corrected chi connectivity index (χ0v) is 10.2. The minimum atomic E-state index is 0.285. The number of hydrogen-bond donors (Lipinski definition) is 0. The van der Waals surface area contributed by atoms with Crippen molar-refractivity contribution in [3.05, 3.63) is 16.1 Å². The highest BCUT2D eigenvalue weighted by Gasteiger charge is 2.04. The lowest BCUT2D eigenvalue weighted by atomic mass is 10.1. The van der Waals surface area contributed by atoms with Gasteiger partial charge in [-0.3, -0.25) is 0 Å². The van der Waals surface area contributed by atoms with E-state index in [1.54, 1.807) is 11.3 Å². The van der Waals surface area contributed by atoms with E-state index in [0.29, 0.717) is 12.5 Å². The van der Waals surface area contributed by atoms with E-state index in [9.17, 15) is 0 Å². The van der Waals surface area contributed by atoms with Crippen molar-refractivity contribution in [1.82, 2.24) is 4.98 Å². The van der Waals surface area contributed by atoms with Crippen LogP contribution in [0.3, 0.4) is 0 Å². The van der Waals surface area contributed by atoms with Crippen molar-refractivity contribution < 1.29 is 4.74 Å². The summed E-state index contributed by atoms with van der Waals surface area (Å²) in [4.78, 5) is 5.70. The first-order valence-electron chi connectivity index (χ1n) is 5.13. The molecule has 0 aliphatic heterocycles. The number of rotatable bonds is 5. The Morgan fingerprint density at radius 1 is 1.36 bits per heavy atom. The molecule has 0 spiro atoms. The Bertz CT molecular complexity index is 268. The van der Waals surface area contributed by atoms with Crippen molar-refractivity contribution in [2.45, 2.75) is 46.8 Å². The highest BCUT2D eigenvalue weighted by Crippen LogP contribution is 2.17. The standard InChI is InChI=1S/C11H19NOS/c1-8(2)5-10-6-12-11(14-10)7-13-9(3)4/h6,8-9H,5,7H2,1-4H3. The van der Waals surface area contributed by atoms with Gasteiger partial charge >= 0.3 is 0 Å². The van der Waals surface area contributed by atoms with E-state index in [0.717, 1.165) is 11.4 Å². The van der Waals surface area contributed by atoms with Crippen molar-refractivity contribution in [2.75, 3.05) is 0 Å². The molecule has 1 aromatic rings. The zero-order valence-electron chi connectivity index (χ0n) is 9.41. The third-order valence-electron chi connectivity index (χ3n) is 1.75. The molecule has 0 fully saturated rings. The molecule has 1 heterocycles. The molecule has 1 aromatic heterocycles. The maximum absolute atomic E-state index is 5.49. The second kappa shape index (κ2) is 5.47. The first-order chi connectivity index (χ1) is 6.58. The summed E-state index contributed by atoms with van der Waals surface area (Å²) in [6.07, 6.45) is 3.38. The molecular formula is C11H19NOS. The van der Waals surface area contributed by atoms with E-state index in [-0.39, 0.29) is 6.10 Å². The topological polar surface area (TPSA) is 22.1 Å². The molecule has 0 amide bonds. The molecule has 0 aromatic carbocycles. The Hall–Kier alpha value is -0.410. The van der Waals surface area contributed by atoms with Gasteiger partial charge in [0.25, 0.3) is 0 Å². The summed E-state index contributed by atoms with van der Waals surface area (Å²) in [7, 11) is 0. The van der Waals surface area contributed by atoms with Gasteiger partial charge in [-0.25, -0.2) is 4.98 Å². The maximum atomic E-state index is 5.49. The molecular weight excluding hydrogens is 194 g/mol. The fourth-order valence-corrected chi connectivity index (χ4v) is 2.21. The van der Waals surface area contributed by atoms with Crippen LogP contribution in [0.1, 0.15) is 37.6 Å². The van der Waals surface area contributed by atoms with Crippen LogP contribution in [0.25, 0.3) is 0 Å². The van der Waals surface area contributed by atoms with E-state index in [1.807, 2.05) is 20.0 Å². The fourth-order valence-electron chi connectivity index (χ4n) is 1.15. The summed E-state index contributed by atoms with van der Waals surface area (Å²) >= 11 is 1.77. The summed E-state index contributed by atoms with van der Waals surface area (Å²) in [5.41, 5.74) is 0. The Morgan fingerprint density at radius 2 is 2.07 bits per heavy atom. The normalized spacial score (nSPS) is 11.6. The van der Waals surface area contributed by atoms with Gasteiger partial charge < -0.3 is 4.74 Å². The molecule has 3 heteroatoms. The Kier molecular flexibility index (Phi) is 4.55. The third-order valence-corrected chi connectivity index (χ3v) is 2.74. The molecule has 0 unspecified atom stereocenters. The van der Waals surface area contributed by atoms with Crippen LogP contribution < -0.4 is 0 Å². The summed E-state index contributed by atoms with van der Waals surface area (Å²) in [5, 5.41) is 1.09. The highest BCUT2D eigenvalue weighted by atomic mass is 32.1. The molecule has 1 rings (SSSR count). The van der Waals surface area contributed by atoms with Gasteiger partial charge in [-0.2, -0.15) is 0 Å². The van der Waals surface area contributed by atoms with Crippen LogP contribution in [0, 0.1) is 5.92 Å². The Morgan fingerprint density at radius 3 is 2.64 bits per heavy atom. The maximum Gasteiger partial charge on any atom is 0.119 e. The van der Waals surface area contributed by atoms with Crippen molar-refractivity contribution in [3.63, 3.8) is 0 Å². The minimum absolute atomic E-state index is 0.285. The lowest BCUT2D eigenvalue weighted by molar-refractivity contribution is 0.0656. The molecule has 0 saturated heterocycles. The predicted octanol–water partition coefficient (Wildman–Crippen LogP) is 3.27. The average molecular weight is 213 g/mol. The van der Waals surface area contributed by atoms with Gasteiger partial charge in [-0.1, -0.05) is 13.8 Å². The van der Waals surface area contributed by atoms with Crippen LogP contribution in [-0.2, 0) is 17.8 Å².